The van der Waals surface area contributed by atoms with Crippen LogP contribution >= 0.6 is 0 Å². The van der Waals surface area contributed by atoms with E-state index < -0.39 is 10.0 Å². The summed E-state index contributed by atoms with van der Waals surface area (Å²) in [7, 11) is -3.85. The van der Waals surface area contributed by atoms with E-state index in [2.05, 4.69) is 28.8 Å². The van der Waals surface area contributed by atoms with E-state index in [0.29, 0.717) is 22.5 Å². The highest BCUT2D eigenvalue weighted by molar-refractivity contribution is 7.92. The summed E-state index contributed by atoms with van der Waals surface area (Å²) in [5.74, 6) is -0.364. The molecule has 0 bridgehead atoms. The van der Waals surface area contributed by atoms with Gasteiger partial charge in [-0.05, 0) is 87.4 Å². The monoisotopic (exact) mass is 493 g/mol. The van der Waals surface area contributed by atoms with E-state index >= 15 is 0 Å². The topological polar surface area (TPSA) is 87.7 Å². The molecule has 1 saturated heterocycles. The number of anilines is 3. The van der Waals surface area contributed by atoms with E-state index in [4.69, 9.17) is 4.74 Å². The van der Waals surface area contributed by atoms with Crippen molar-refractivity contribution in [2.24, 2.45) is 0 Å². The second-order valence-corrected chi connectivity index (χ2v) is 10.8. The highest BCUT2D eigenvalue weighted by atomic mass is 32.2. The maximum atomic E-state index is 13.0. The molecule has 0 aromatic heterocycles. The molecular formula is C27H31N3O4S. The van der Waals surface area contributed by atoms with Crippen molar-refractivity contribution < 1.29 is 17.9 Å². The summed E-state index contributed by atoms with van der Waals surface area (Å²) in [5, 5.41) is 2.89. The van der Waals surface area contributed by atoms with Gasteiger partial charge in [0, 0.05) is 35.7 Å². The van der Waals surface area contributed by atoms with Crippen LogP contribution in [0.3, 0.4) is 0 Å². The van der Waals surface area contributed by atoms with Crippen LogP contribution in [0.4, 0.5) is 17.1 Å². The first-order chi connectivity index (χ1) is 16.6. The number of ether oxygens (including phenoxy) is 1. The summed E-state index contributed by atoms with van der Waals surface area (Å²) < 4.78 is 34.3. The first-order valence-corrected chi connectivity index (χ1v) is 13.1. The first kappa shape index (κ1) is 24.8. The van der Waals surface area contributed by atoms with Gasteiger partial charge in [-0.15, -0.1) is 0 Å². The van der Waals surface area contributed by atoms with Gasteiger partial charge < -0.3 is 15.0 Å². The number of rotatable bonds is 6. The van der Waals surface area contributed by atoms with Gasteiger partial charge in [-0.2, -0.15) is 0 Å². The van der Waals surface area contributed by atoms with Crippen molar-refractivity contribution in [2.45, 2.75) is 44.8 Å². The largest absolute Gasteiger partial charge is 0.372 e. The molecule has 0 aliphatic carbocycles. The van der Waals surface area contributed by atoms with Gasteiger partial charge in [0.1, 0.15) is 0 Å². The number of carbonyl (C=O) groups is 1. The zero-order valence-electron chi connectivity index (χ0n) is 20.4. The summed E-state index contributed by atoms with van der Waals surface area (Å²) >= 11 is 0. The highest BCUT2D eigenvalue weighted by Crippen LogP contribution is 2.24. The van der Waals surface area contributed by atoms with Crippen LogP contribution in [0, 0.1) is 13.8 Å². The van der Waals surface area contributed by atoms with Crippen molar-refractivity contribution in [3.63, 3.8) is 0 Å². The first-order valence-electron chi connectivity index (χ1n) is 11.6. The van der Waals surface area contributed by atoms with E-state index in [1.807, 2.05) is 37.3 Å². The summed E-state index contributed by atoms with van der Waals surface area (Å²) in [6.45, 7) is 9.42. The molecule has 8 heteroatoms. The molecule has 0 saturated carbocycles. The van der Waals surface area contributed by atoms with Crippen molar-refractivity contribution in [1.29, 1.82) is 0 Å². The van der Waals surface area contributed by atoms with Crippen LogP contribution in [0.1, 0.15) is 35.3 Å². The Morgan fingerprint density at radius 1 is 0.914 bits per heavy atom. The van der Waals surface area contributed by atoms with Gasteiger partial charge >= 0.3 is 0 Å². The maximum absolute atomic E-state index is 13.0. The number of hydrogen-bond donors (Lipinski definition) is 2. The number of benzene rings is 3. The normalized spacial score (nSPS) is 18.2. The molecule has 1 aliphatic rings. The molecule has 1 aliphatic heterocycles. The fourth-order valence-electron chi connectivity index (χ4n) is 4.28. The van der Waals surface area contributed by atoms with Crippen LogP contribution in [0.2, 0.25) is 0 Å². The Morgan fingerprint density at radius 3 is 2.26 bits per heavy atom. The summed E-state index contributed by atoms with van der Waals surface area (Å²) in [6, 6.07) is 19.3. The molecule has 0 spiro atoms. The van der Waals surface area contributed by atoms with Gasteiger partial charge in [0.2, 0.25) is 0 Å². The number of morpholine rings is 1. The van der Waals surface area contributed by atoms with E-state index in [1.54, 1.807) is 31.2 Å². The molecule has 2 atom stereocenters. The number of nitrogens with zero attached hydrogens (tertiary/aromatic N) is 1. The lowest BCUT2D eigenvalue weighted by molar-refractivity contribution is -0.00521. The van der Waals surface area contributed by atoms with Crippen LogP contribution in [0.5, 0.6) is 0 Å². The molecule has 1 heterocycles. The second kappa shape index (κ2) is 10.1. The number of aryl methyl sites for hydroxylation is 2. The van der Waals surface area contributed by atoms with E-state index in [9.17, 15) is 13.2 Å². The minimum Gasteiger partial charge on any atom is -0.372 e. The zero-order chi connectivity index (χ0) is 25.2. The third-order valence-electron chi connectivity index (χ3n) is 5.94. The molecule has 0 radical (unpaired) electrons. The fourth-order valence-corrected chi connectivity index (χ4v) is 5.35. The number of carbonyl (C=O) groups excluding carboxylic acids is 1. The lowest BCUT2D eigenvalue weighted by atomic mass is 10.1. The van der Waals surface area contributed by atoms with Gasteiger partial charge in [0.15, 0.2) is 0 Å². The SMILES string of the molecule is Cc1cccc(NS(=O)(=O)c2ccc(C)c(C(=O)Nc3ccc(N4CC(C)OC(C)C4)cc3)c2)c1. The van der Waals surface area contributed by atoms with Gasteiger partial charge in [-0.25, -0.2) is 8.42 Å². The number of nitrogens with one attached hydrogen (secondary N) is 2. The van der Waals surface area contributed by atoms with Crippen molar-refractivity contribution >= 4 is 33.0 Å². The molecule has 7 nitrogen and oxygen atoms in total. The minimum absolute atomic E-state index is 0.0284. The Hall–Kier alpha value is -3.36. The van der Waals surface area contributed by atoms with Crippen molar-refractivity contribution in [1.82, 2.24) is 0 Å². The molecule has 2 N–H and O–H groups in total. The van der Waals surface area contributed by atoms with Gasteiger partial charge in [-0.3, -0.25) is 9.52 Å². The molecule has 3 aromatic rings. The maximum Gasteiger partial charge on any atom is 0.261 e. The molecule has 1 fully saturated rings. The van der Waals surface area contributed by atoms with Gasteiger partial charge in [-0.1, -0.05) is 18.2 Å². The fraction of sp³-hybridized carbons (Fsp3) is 0.296. The Morgan fingerprint density at radius 2 is 1.60 bits per heavy atom. The van der Waals surface area contributed by atoms with Crippen molar-refractivity contribution in [3.05, 3.63) is 83.4 Å². The standard InChI is InChI=1S/C27H31N3O4S/c1-18-6-5-7-23(14-18)29-35(32,33)25-13-8-19(2)26(15-25)27(31)28-22-9-11-24(12-10-22)30-16-20(3)34-21(4)17-30/h5-15,20-21,29H,16-17H2,1-4H3,(H,28,31). The lowest BCUT2D eigenvalue weighted by Crippen LogP contribution is -2.45. The lowest BCUT2D eigenvalue weighted by Gasteiger charge is -2.36. The Balaban J connectivity index is 1.49. The molecule has 1 amide bonds. The van der Waals surface area contributed by atoms with Gasteiger partial charge in [0.05, 0.1) is 17.1 Å². The number of amides is 1. The third-order valence-corrected chi connectivity index (χ3v) is 7.32. The van der Waals surface area contributed by atoms with Crippen molar-refractivity contribution in [2.75, 3.05) is 28.0 Å². The van der Waals surface area contributed by atoms with Crippen molar-refractivity contribution in [3.8, 4) is 0 Å². The predicted octanol–water partition coefficient (Wildman–Crippen LogP) is 4.97. The Kier molecular flexibility index (Phi) is 7.14. The van der Waals surface area contributed by atoms with Crippen LogP contribution in [-0.4, -0.2) is 39.6 Å². The van der Waals surface area contributed by atoms with E-state index in [-0.39, 0.29) is 23.0 Å². The van der Waals surface area contributed by atoms with Crippen LogP contribution in [-0.2, 0) is 14.8 Å². The second-order valence-electron chi connectivity index (χ2n) is 9.12. The zero-order valence-corrected chi connectivity index (χ0v) is 21.2. The van der Waals surface area contributed by atoms with E-state index in [1.165, 1.54) is 12.1 Å². The molecule has 4 rings (SSSR count). The molecular weight excluding hydrogens is 462 g/mol. The predicted molar refractivity (Wildman–Crippen MR) is 140 cm³/mol. The average Bonchev–Trinajstić information content (AvgIpc) is 2.78. The van der Waals surface area contributed by atoms with E-state index in [0.717, 1.165) is 24.3 Å². The van der Waals surface area contributed by atoms with Crippen LogP contribution in [0.15, 0.2) is 71.6 Å². The highest BCUT2D eigenvalue weighted by Gasteiger charge is 2.22. The Labute approximate surface area is 207 Å². The molecule has 184 valence electrons. The Bertz CT molecular complexity index is 1310. The smallest absolute Gasteiger partial charge is 0.261 e. The molecule has 35 heavy (non-hydrogen) atoms. The summed E-state index contributed by atoms with van der Waals surface area (Å²) in [4.78, 5) is 15.3. The number of hydrogen-bond acceptors (Lipinski definition) is 5. The average molecular weight is 494 g/mol. The molecule has 2 unspecified atom stereocenters. The summed E-state index contributed by atoms with van der Waals surface area (Å²) in [5.41, 5.74) is 4.11. The number of sulfonamides is 1. The van der Waals surface area contributed by atoms with Crippen LogP contribution in [0.25, 0.3) is 0 Å². The third kappa shape index (κ3) is 6.01. The minimum atomic E-state index is -3.85. The summed E-state index contributed by atoms with van der Waals surface area (Å²) in [6.07, 6.45) is 0.315. The quantitative estimate of drug-likeness (QED) is 0.506. The van der Waals surface area contributed by atoms with Gasteiger partial charge in [0.25, 0.3) is 15.9 Å². The van der Waals surface area contributed by atoms with Crippen LogP contribution < -0.4 is 14.9 Å². The molecule has 3 aromatic carbocycles.